The Labute approximate surface area is 106 Å². The van der Waals surface area contributed by atoms with Gasteiger partial charge < -0.3 is 15.2 Å². The van der Waals surface area contributed by atoms with E-state index < -0.39 is 5.97 Å². The third-order valence-corrected chi connectivity index (χ3v) is 2.34. The van der Waals surface area contributed by atoms with Crippen molar-refractivity contribution in [1.29, 1.82) is 0 Å². The van der Waals surface area contributed by atoms with E-state index in [-0.39, 0.29) is 18.9 Å². The summed E-state index contributed by atoms with van der Waals surface area (Å²) < 4.78 is 5.40. The van der Waals surface area contributed by atoms with E-state index in [4.69, 9.17) is 9.84 Å². The topological polar surface area (TPSA) is 75.6 Å². The van der Waals surface area contributed by atoms with Crippen molar-refractivity contribution in [3.05, 3.63) is 29.3 Å². The van der Waals surface area contributed by atoms with Crippen LogP contribution in [0.3, 0.4) is 0 Å². The second-order valence-corrected chi connectivity index (χ2v) is 3.88. The number of benzene rings is 1. The number of ether oxygens (including phenoxy) is 1. The summed E-state index contributed by atoms with van der Waals surface area (Å²) in [6.45, 7) is 4.06. The number of amides is 1. The van der Waals surface area contributed by atoms with E-state index in [1.165, 1.54) is 0 Å². The molecule has 2 N–H and O–H groups in total. The average molecular weight is 251 g/mol. The highest BCUT2D eigenvalue weighted by Gasteiger charge is 2.07. The van der Waals surface area contributed by atoms with Crippen molar-refractivity contribution < 1.29 is 19.4 Å². The Morgan fingerprint density at radius 1 is 1.39 bits per heavy atom. The van der Waals surface area contributed by atoms with Crippen LogP contribution in [0.1, 0.15) is 18.1 Å². The molecule has 0 heterocycles. The van der Waals surface area contributed by atoms with Crippen molar-refractivity contribution in [2.24, 2.45) is 0 Å². The fourth-order valence-electron chi connectivity index (χ4n) is 1.56. The lowest BCUT2D eigenvalue weighted by atomic mass is 10.1. The molecule has 5 heteroatoms. The van der Waals surface area contributed by atoms with Gasteiger partial charge in [-0.15, -0.1) is 0 Å². The Balaban J connectivity index is 2.60. The third kappa shape index (κ3) is 4.45. The number of aliphatic carboxylic acids is 1. The molecule has 0 aliphatic heterocycles. The summed E-state index contributed by atoms with van der Waals surface area (Å²) in [6, 6.07) is 5.49. The molecule has 0 atom stereocenters. The number of carbonyl (C=O) groups is 2. The number of hydrogen-bond acceptors (Lipinski definition) is 3. The second kappa shape index (κ2) is 6.64. The number of rotatable bonds is 6. The Kier molecular flexibility index (Phi) is 5.17. The number of hydrogen-bond donors (Lipinski definition) is 2. The van der Waals surface area contributed by atoms with Crippen molar-refractivity contribution in [3.8, 4) is 5.75 Å². The zero-order chi connectivity index (χ0) is 13.5. The maximum atomic E-state index is 11.4. The van der Waals surface area contributed by atoms with Crippen LogP contribution in [0.4, 0.5) is 0 Å². The summed E-state index contributed by atoms with van der Waals surface area (Å²) in [7, 11) is 0. The zero-order valence-corrected chi connectivity index (χ0v) is 10.5. The van der Waals surface area contributed by atoms with Gasteiger partial charge in [-0.1, -0.05) is 12.1 Å². The molecular weight excluding hydrogens is 234 g/mol. The van der Waals surface area contributed by atoms with Gasteiger partial charge in [0.2, 0.25) is 5.91 Å². The maximum absolute atomic E-state index is 11.4. The van der Waals surface area contributed by atoms with Gasteiger partial charge in [-0.05, 0) is 31.0 Å². The minimum atomic E-state index is -1.05. The fraction of sp³-hybridized carbons (Fsp3) is 0.385. The molecule has 0 saturated carbocycles. The lowest BCUT2D eigenvalue weighted by Crippen LogP contribution is -2.30. The molecular formula is C13H17NO4. The number of carbonyl (C=O) groups excluding carboxylic acids is 1. The highest BCUT2D eigenvalue weighted by molar-refractivity contribution is 5.82. The van der Waals surface area contributed by atoms with Crippen LogP contribution in [0.2, 0.25) is 0 Å². The van der Waals surface area contributed by atoms with Gasteiger partial charge >= 0.3 is 5.97 Å². The average Bonchev–Trinajstić information content (AvgIpc) is 2.30. The summed E-state index contributed by atoms with van der Waals surface area (Å²) in [6.07, 6.45) is 0.167. The summed E-state index contributed by atoms with van der Waals surface area (Å²) in [5.41, 5.74) is 1.79. The molecule has 5 nitrogen and oxygen atoms in total. The third-order valence-electron chi connectivity index (χ3n) is 2.34. The molecule has 1 aromatic carbocycles. The number of aryl methyl sites for hydroxylation is 1. The minimum Gasteiger partial charge on any atom is -0.494 e. The Morgan fingerprint density at radius 2 is 2.11 bits per heavy atom. The smallest absolute Gasteiger partial charge is 0.322 e. The van der Waals surface area contributed by atoms with Gasteiger partial charge in [-0.2, -0.15) is 0 Å². The predicted octanol–water partition coefficient (Wildman–Crippen LogP) is 1.14. The molecule has 0 aromatic heterocycles. The lowest BCUT2D eigenvalue weighted by Gasteiger charge is -2.09. The molecule has 18 heavy (non-hydrogen) atoms. The zero-order valence-electron chi connectivity index (χ0n) is 10.5. The van der Waals surface area contributed by atoms with Crippen molar-refractivity contribution >= 4 is 11.9 Å². The van der Waals surface area contributed by atoms with Crippen LogP contribution < -0.4 is 10.1 Å². The van der Waals surface area contributed by atoms with Gasteiger partial charge in [-0.3, -0.25) is 9.59 Å². The first-order valence-corrected chi connectivity index (χ1v) is 5.73. The number of carboxylic acids is 1. The van der Waals surface area contributed by atoms with Crippen LogP contribution in [-0.4, -0.2) is 30.1 Å². The van der Waals surface area contributed by atoms with Gasteiger partial charge in [0.15, 0.2) is 0 Å². The Morgan fingerprint density at radius 3 is 2.67 bits per heavy atom. The maximum Gasteiger partial charge on any atom is 0.322 e. The lowest BCUT2D eigenvalue weighted by molar-refractivity contribution is -0.137. The molecule has 1 aromatic rings. The summed E-state index contributed by atoms with van der Waals surface area (Å²) in [5.74, 6) is -0.556. The van der Waals surface area contributed by atoms with Crippen LogP contribution >= 0.6 is 0 Å². The van der Waals surface area contributed by atoms with E-state index >= 15 is 0 Å². The largest absolute Gasteiger partial charge is 0.494 e. The van der Waals surface area contributed by atoms with Crippen LogP contribution in [-0.2, 0) is 16.0 Å². The Bertz CT molecular complexity index is 443. The first-order valence-electron chi connectivity index (χ1n) is 5.73. The monoisotopic (exact) mass is 251 g/mol. The summed E-state index contributed by atoms with van der Waals surface area (Å²) >= 11 is 0. The summed E-state index contributed by atoms with van der Waals surface area (Å²) in [4.78, 5) is 21.7. The molecule has 0 radical (unpaired) electrons. The molecule has 0 bridgehead atoms. The van der Waals surface area contributed by atoms with Crippen LogP contribution in [0.15, 0.2) is 18.2 Å². The van der Waals surface area contributed by atoms with Crippen LogP contribution in [0.5, 0.6) is 5.75 Å². The van der Waals surface area contributed by atoms with Crippen molar-refractivity contribution in [3.63, 3.8) is 0 Å². The second-order valence-electron chi connectivity index (χ2n) is 3.88. The fourth-order valence-corrected chi connectivity index (χ4v) is 1.56. The molecule has 1 rings (SSSR count). The SMILES string of the molecule is CCOc1ccc(CC(=O)NCC(=O)O)cc1C. The number of carboxylic acid groups (broad SMARTS) is 1. The van der Waals surface area contributed by atoms with Gasteiger partial charge in [0.1, 0.15) is 12.3 Å². The molecule has 98 valence electrons. The van der Waals surface area contributed by atoms with E-state index in [0.717, 1.165) is 16.9 Å². The van der Waals surface area contributed by atoms with Gasteiger partial charge in [0.05, 0.1) is 13.0 Å². The molecule has 0 spiro atoms. The van der Waals surface area contributed by atoms with Gasteiger partial charge in [-0.25, -0.2) is 0 Å². The van der Waals surface area contributed by atoms with Crippen LogP contribution in [0.25, 0.3) is 0 Å². The first-order chi connectivity index (χ1) is 8.52. The standard InChI is InChI=1S/C13H17NO4/c1-3-18-11-5-4-10(6-9(11)2)7-12(15)14-8-13(16)17/h4-6H,3,7-8H2,1-2H3,(H,14,15)(H,16,17). The summed E-state index contributed by atoms with van der Waals surface area (Å²) in [5, 5.41) is 10.8. The van der Waals surface area contributed by atoms with Gasteiger partial charge in [0.25, 0.3) is 0 Å². The van der Waals surface area contributed by atoms with Gasteiger partial charge in [0, 0.05) is 0 Å². The normalized spacial score (nSPS) is 9.89. The highest BCUT2D eigenvalue weighted by Crippen LogP contribution is 2.19. The number of nitrogens with one attached hydrogen (secondary N) is 1. The quantitative estimate of drug-likeness (QED) is 0.795. The molecule has 1 amide bonds. The molecule has 0 unspecified atom stereocenters. The van der Waals surface area contributed by atoms with Crippen molar-refractivity contribution in [2.75, 3.05) is 13.2 Å². The van der Waals surface area contributed by atoms with E-state index in [1.807, 2.05) is 26.0 Å². The molecule has 0 aliphatic carbocycles. The molecule has 0 fully saturated rings. The van der Waals surface area contributed by atoms with E-state index in [9.17, 15) is 9.59 Å². The minimum absolute atomic E-state index is 0.167. The van der Waals surface area contributed by atoms with E-state index in [0.29, 0.717) is 6.61 Å². The van der Waals surface area contributed by atoms with Crippen molar-refractivity contribution in [1.82, 2.24) is 5.32 Å². The Hall–Kier alpha value is -2.04. The van der Waals surface area contributed by atoms with E-state index in [1.54, 1.807) is 6.07 Å². The van der Waals surface area contributed by atoms with E-state index in [2.05, 4.69) is 5.32 Å². The van der Waals surface area contributed by atoms with Crippen molar-refractivity contribution in [2.45, 2.75) is 20.3 Å². The first kappa shape index (κ1) is 14.0. The molecule has 0 aliphatic rings. The van der Waals surface area contributed by atoms with Crippen LogP contribution in [0, 0.1) is 6.92 Å². The molecule has 0 saturated heterocycles. The predicted molar refractivity (Wildman–Crippen MR) is 66.7 cm³/mol. The highest BCUT2D eigenvalue weighted by atomic mass is 16.5.